The van der Waals surface area contributed by atoms with Crippen molar-refractivity contribution >= 4 is 22.9 Å². The normalized spacial score (nSPS) is 28.0. The van der Waals surface area contributed by atoms with Crippen molar-refractivity contribution in [1.29, 1.82) is 0 Å². The Hall–Kier alpha value is -1.28. The monoisotopic (exact) mass is 428 g/mol. The van der Waals surface area contributed by atoms with Crippen molar-refractivity contribution in [1.82, 2.24) is 9.55 Å². The number of ether oxygens (including phenoxy) is 2. The summed E-state index contributed by atoms with van der Waals surface area (Å²) in [7, 11) is -3.76. The number of aromatic amines is 1. The van der Waals surface area contributed by atoms with E-state index in [1.165, 1.54) is 0 Å². The topological polar surface area (TPSA) is 207 Å². The van der Waals surface area contributed by atoms with Crippen LogP contribution in [0.2, 0.25) is 0 Å². The zero-order valence-electron chi connectivity index (χ0n) is 13.6. The van der Waals surface area contributed by atoms with E-state index in [1.807, 2.05) is 4.98 Å². The summed E-state index contributed by atoms with van der Waals surface area (Å²) < 4.78 is 41.4. The highest BCUT2D eigenvalue weighted by molar-refractivity contribution is 7.83. The van der Waals surface area contributed by atoms with Crippen LogP contribution in [0.25, 0.3) is 0 Å². The molecule has 14 nitrogen and oxygen atoms in total. The Balaban J connectivity index is 2.17. The third-order valence-electron chi connectivity index (χ3n) is 3.41. The molecule has 0 bridgehead atoms. The second-order valence-electron chi connectivity index (χ2n) is 5.32. The van der Waals surface area contributed by atoms with Crippen molar-refractivity contribution in [2.45, 2.75) is 24.5 Å². The lowest BCUT2D eigenvalue weighted by atomic mass is 10.1. The van der Waals surface area contributed by atoms with Gasteiger partial charge in [-0.15, -0.1) is 0 Å². The van der Waals surface area contributed by atoms with Gasteiger partial charge in [-0.1, -0.05) is 0 Å². The second-order valence-corrected chi connectivity index (χ2v) is 8.29. The Bertz CT molecular complexity index is 895. The number of H-pyrrole nitrogens is 1. The van der Waals surface area contributed by atoms with Crippen LogP contribution < -0.4 is 16.0 Å². The van der Waals surface area contributed by atoms with Crippen LogP contribution in [0.3, 0.4) is 0 Å². The minimum atomic E-state index is -5.22. The number of nitrogens with one attached hydrogen (secondary N) is 1. The summed E-state index contributed by atoms with van der Waals surface area (Å²) in [6.07, 6.45) is -5.32. The van der Waals surface area contributed by atoms with E-state index in [4.69, 9.17) is 26.8 Å². The Morgan fingerprint density at radius 3 is 2.48 bits per heavy atom. The summed E-state index contributed by atoms with van der Waals surface area (Å²) in [4.78, 5) is 42.5. The molecule has 1 saturated heterocycles. The molecule has 1 unspecified atom stereocenters. The predicted octanol–water partition coefficient (Wildman–Crippen LogP) is -2.43. The van der Waals surface area contributed by atoms with Crippen molar-refractivity contribution in [3.63, 3.8) is 0 Å². The van der Waals surface area contributed by atoms with Crippen LogP contribution in [0.15, 0.2) is 15.8 Å². The zero-order valence-corrected chi connectivity index (χ0v) is 15.4. The average Bonchev–Trinajstić information content (AvgIpc) is 2.79. The van der Waals surface area contributed by atoms with E-state index < -0.39 is 57.7 Å². The first-order valence-electron chi connectivity index (χ1n) is 7.06. The van der Waals surface area contributed by atoms with Gasteiger partial charge < -0.3 is 34.0 Å². The van der Waals surface area contributed by atoms with Gasteiger partial charge in [0, 0.05) is 0 Å². The Labute approximate surface area is 151 Å². The number of hydrogen-bond acceptors (Lipinski definition) is 10. The lowest BCUT2D eigenvalue weighted by Gasteiger charge is -2.19. The molecule has 27 heavy (non-hydrogen) atoms. The number of hydrogen-bond donors (Lipinski definition) is 5. The van der Waals surface area contributed by atoms with Gasteiger partial charge in [0.25, 0.3) is 13.0 Å². The lowest BCUT2D eigenvalue weighted by molar-refractivity contribution is -0.0522. The molecule has 2 heterocycles. The molecule has 1 aliphatic heterocycles. The van der Waals surface area contributed by atoms with Crippen molar-refractivity contribution in [3.8, 4) is 5.75 Å². The highest BCUT2D eigenvalue weighted by atomic mass is 31.3. The Kier molecular flexibility index (Phi) is 6.52. The van der Waals surface area contributed by atoms with E-state index in [-0.39, 0.29) is 5.75 Å². The van der Waals surface area contributed by atoms with E-state index in [9.17, 15) is 28.9 Å². The zero-order chi connectivity index (χ0) is 20.6. The maximum Gasteiger partial charge on any atom is 0.476 e. The Morgan fingerprint density at radius 2 is 1.93 bits per heavy atom. The van der Waals surface area contributed by atoms with E-state index in [0.29, 0.717) is 0 Å². The molecule has 0 spiro atoms. The van der Waals surface area contributed by atoms with E-state index in [2.05, 4.69) is 8.83 Å². The standard InChI is InChI=1S/C10H15BN2O12P2/c1-22-4-2-13(10(17)12-8(4)16)9-7(15)6(14)5(24-9)3-23-26(11,18)25-27(19,20)21/h2,5-7,9,14-15H,3H2,1H3,(H,12,16,17)(H2,19,20,21)/t5-,6-,7-,9-,26?/m1/s1. The van der Waals surface area contributed by atoms with Crippen molar-refractivity contribution in [3.05, 3.63) is 27.0 Å². The van der Waals surface area contributed by atoms with Crippen molar-refractivity contribution < 1.29 is 47.4 Å². The molecule has 1 fully saturated rings. The third-order valence-corrected chi connectivity index (χ3v) is 5.68. The molecule has 1 aromatic heterocycles. The van der Waals surface area contributed by atoms with E-state index in [0.717, 1.165) is 17.9 Å². The van der Waals surface area contributed by atoms with Crippen LogP contribution in [-0.4, -0.2) is 69.1 Å². The summed E-state index contributed by atoms with van der Waals surface area (Å²) in [5.74, 6) is -0.277. The number of rotatable bonds is 7. The number of phosphoric acid groups is 1. The Morgan fingerprint density at radius 1 is 1.30 bits per heavy atom. The van der Waals surface area contributed by atoms with Gasteiger partial charge in [-0.3, -0.25) is 18.9 Å². The SMILES string of the molecule is [B]P(=O)(OC[C@H]1O[C@@H](n2cc(OC)c(=O)[nH]c2=O)[C@H](O)[C@@H]1O)OP(=O)(O)O. The maximum atomic E-state index is 11.9. The maximum absolute atomic E-state index is 11.9. The van der Waals surface area contributed by atoms with E-state index >= 15 is 0 Å². The van der Waals surface area contributed by atoms with Crippen LogP contribution in [0.5, 0.6) is 5.75 Å². The van der Waals surface area contributed by atoms with Crippen LogP contribution in [0, 0.1) is 0 Å². The van der Waals surface area contributed by atoms with E-state index in [1.54, 1.807) is 0 Å². The first kappa shape index (κ1) is 22.0. The summed E-state index contributed by atoms with van der Waals surface area (Å²) in [5.41, 5.74) is -1.81. The van der Waals surface area contributed by atoms with Gasteiger partial charge >= 0.3 is 13.5 Å². The first-order chi connectivity index (χ1) is 12.3. The molecule has 0 aromatic carbocycles. The van der Waals surface area contributed by atoms with Gasteiger partial charge in [0.2, 0.25) is 13.3 Å². The molecule has 1 aromatic rings. The predicted molar refractivity (Wildman–Crippen MR) is 86.2 cm³/mol. The highest BCUT2D eigenvalue weighted by Gasteiger charge is 2.45. The van der Waals surface area contributed by atoms with Crippen molar-refractivity contribution in [2.75, 3.05) is 13.7 Å². The largest absolute Gasteiger partial charge is 0.490 e. The average molecular weight is 428 g/mol. The van der Waals surface area contributed by atoms with Crippen molar-refractivity contribution in [2.24, 2.45) is 0 Å². The smallest absolute Gasteiger partial charge is 0.476 e. The molecule has 5 N–H and O–H groups in total. The highest BCUT2D eigenvalue weighted by Crippen LogP contribution is 2.57. The molecule has 1 aliphatic rings. The van der Waals surface area contributed by atoms with Gasteiger partial charge in [0.1, 0.15) is 18.3 Å². The number of aliphatic hydroxyl groups excluding tert-OH is 2. The number of nitrogens with zero attached hydrogens (tertiary/aromatic N) is 1. The second kappa shape index (κ2) is 7.99. The van der Waals surface area contributed by atoms with Crippen LogP contribution >= 0.6 is 15.3 Å². The molecule has 0 aliphatic carbocycles. The molecule has 0 amide bonds. The quantitative estimate of drug-likeness (QED) is 0.227. The molecule has 17 heteroatoms. The lowest BCUT2D eigenvalue weighted by Crippen LogP contribution is -2.38. The molecule has 0 saturated carbocycles. The van der Waals surface area contributed by atoms with Crippen LogP contribution in [-0.2, 0) is 22.7 Å². The number of aromatic nitrogens is 2. The fourth-order valence-electron chi connectivity index (χ4n) is 2.25. The summed E-state index contributed by atoms with van der Waals surface area (Å²) in [6, 6.07) is 0. The van der Waals surface area contributed by atoms with Gasteiger partial charge in [0.15, 0.2) is 6.23 Å². The minimum Gasteiger partial charge on any atom is -0.490 e. The summed E-state index contributed by atoms with van der Waals surface area (Å²) in [6.45, 7) is -0.808. The van der Waals surface area contributed by atoms with Crippen LogP contribution in [0.1, 0.15) is 6.23 Å². The van der Waals surface area contributed by atoms with Crippen LogP contribution in [0.4, 0.5) is 0 Å². The number of aliphatic hydroxyl groups is 2. The molecular weight excluding hydrogens is 413 g/mol. The molecular formula is C10H15BN2O12P2. The van der Waals surface area contributed by atoms with Gasteiger partial charge in [0.05, 0.1) is 19.9 Å². The summed E-state index contributed by atoms with van der Waals surface area (Å²) >= 11 is 0. The first-order valence-corrected chi connectivity index (χ1v) is 10.2. The fourth-order valence-corrected chi connectivity index (χ4v) is 3.98. The van der Waals surface area contributed by atoms with Gasteiger partial charge in [-0.2, -0.15) is 0 Å². The van der Waals surface area contributed by atoms with Gasteiger partial charge in [-0.25, -0.2) is 13.7 Å². The minimum absolute atomic E-state index is 0.277. The summed E-state index contributed by atoms with van der Waals surface area (Å²) in [5, 5.41) is 20.1. The van der Waals surface area contributed by atoms with Gasteiger partial charge in [-0.05, 0) is 0 Å². The number of methoxy groups -OCH3 is 1. The molecule has 5 atom stereocenters. The molecule has 2 radical (unpaired) electrons. The molecule has 150 valence electrons. The third kappa shape index (κ3) is 5.38. The fraction of sp³-hybridized carbons (Fsp3) is 0.600. The molecule has 2 rings (SSSR count).